The SMILES string of the molecule is CCCn1ccnc1CC(N)c1cccc(C)c1F. The van der Waals surface area contributed by atoms with E-state index in [4.69, 9.17) is 5.73 Å². The van der Waals surface area contributed by atoms with Gasteiger partial charge in [0.25, 0.3) is 0 Å². The molecule has 2 aromatic rings. The molecule has 102 valence electrons. The topological polar surface area (TPSA) is 43.8 Å². The lowest BCUT2D eigenvalue weighted by Crippen LogP contribution is -2.18. The zero-order valence-corrected chi connectivity index (χ0v) is 11.4. The van der Waals surface area contributed by atoms with E-state index in [1.54, 1.807) is 25.3 Å². The predicted octanol–water partition coefficient (Wildman–Crippen LogP) is 2.98. The third kappa shape index (κ3) is 3.01. The second-order valence-electron chi connectivity index (χ2n) is 4.83. The summed E-state index contributed by atoms with van der Waals surface area (Å²) in [5, 5.41) is 0. The molecule has 0 aliphatic rings. The van der Waals surface area contributed by atoms with Crippen molar-refractivity contribution in [3.8, 4) is 0 Å². The first-order chi connectivity index (χ1) is 9.13. The summed E-state index contributed by atoms with van der Waals surface area (Å²) in [5.74, 6) is 0.707. The summed E-state index contributed by atoms with van der Waals surface area (Å²) in [5.41, 5.74) is 7.32. The largest absolute Gasteiger partial charge is 0.335 e. The van der Waals surface area contributed by atoms with Gasteiger partial charge in [-0.05, 0) is 18.9 Å². The monoisotopic (exact) mass is 261 g/mol. The quantitative estimate of drug-likeness (QED) is 0.899. The molecule has 19 heavy (non-hydrogen) atoms. The molecule has 2 rings (SSSR count). The number of imidazole rings is 1. The highest BCUT2D eigenvalue weighted by molar-refractivity contribution is 5.28. The standard InChI is InChI=1S/C15H20FN3/c1-3-8-19-9-7-18-14(19)10-13(17)12-6-4-5-11(2)15(12)16/h4-7,9,13H,3,8,10,17H2,1-2H3. The second kappa shape index (κ2) is 5.97. The van der Waals surface area contributed by atoms with Gasteiger partial charge in [0.15, 0.2) is 0 Å². The van der Waals surface area contributed by atoms with Gasteiger partial charge in [0.1, 0.15) is 11.6 Å². The van der Waals surface area contributed by atoms with Gasteiger partial charge in [-0.1, -0.05) is 25.1 Å². The Kier molecular flexibility index (Phi) is 4.32. The van der Waals surface area contributed by atoms with Crippen LogP contribution in [-0.2, 0) is 13.0 Å². The number of nitrogens with zero attached hydrogens (tertiary/aromatic N) is 2. The fourth-order valence-corrected chi connectivity index (χ4v) is 2.24. The molecule has 0 saturated carbocycles. The first kappa shape index (κ1) is 13.7. The molecule has 4 heteroatoms. The van der Waals surface area contributed by atoms with Crippen LogP contribution < -0.4 is 5.73 Å². The van der Waals surface area contributed by atoms with Crippen LogP contribution in [0, 0.1) is 12.7 Å². The second-order valence-corrected chi connectivity index (χ2v) is 4.83. The first-order valence-electron chi connectivity index (χ1n) is 6.64. The average Bonchev–Trinajstić information content (AvgIpc) is 2.80. The summed E-state index contributed by atoms with van der Waals surface area (Å²) >= 11 is 0. The molecule has 0 fully saturated rings. The van der Waals surface area contributed by atoms with Gasteiger partial charge in [-0.2, -0.15) is 0 Å². The predicted molar refractivity (Wildman–Crippen MR) is 74.3 cm³/mol. The molecule has 1 unspecified atom stereocenters. The van der Waals surface area contributed by atoms with E-state index in [-0.39, 0.29) is 11.9 Å². The van der Waals surface area contributed by atoms with Crippen molar-refractivity contribution in [2.24, 2.45) is 5.73 Å². The van der Waals surface area contributed by atoms with Crippen LogP contribution in [0.5, 0.6) is 0 Å². The number of halogens is 1. The van der Waals surface area contributed by atoms with Crippen LogP contribution in [0.2, 0.25) is 0 Å². The molecule has 0 radical (unpaired) electrons. The van der Waals surface area contributed by atoms with Crippen molar-refractivity contribution in [3.63, 3.8) is 0 Å². The molecule has 1 atom stereocenters. The highest BCUT2D eigenvalue weighted by atomic mass is 19.1. The van der Waals surface area contributed by atoms with Gasteiger partial charge in [0, 0.05) is 37.0 Å². The molecule has 2 N–H and O–H groups in total. The van der Waals surface area contributed by atoms with E-state index in [0.29, 0.717) is 17.5 Å². The van der Waals surface area contributed by atoms with E-state index in [2.05, 4.69) is 16.5 Å². The Morgan fingerprint density at radius 3 is 2.95 bits per heavy atom. The van der Waals surface area contributed by atoms with Crippen LogP contribution in [0.3, 0.4) is 0 Å². The molecule has 1 heterocycles. The van der Waals surface area contributed by atoms with Crippen LogP contribution in [0.1, 0.15) is 36.3 Å². The van der Waals surface area contributed by atoms with Crippen molar-refractivity contribution < 1.29 is 4.39 Å². The lowest BCUT2D eigenvalue weighted by atomic mass is 10.0. The molecule has 0 spiro atoms. The normalized spacial score (nSPS) is 12.6. The summed E-state index contributed by atoms with van der Waals surface area (Å²) in [6, 6.07) is 4.98. The average molecular weight is 261 g/mol. The number of aromatic nitrogens is 2. The van der Waals surface area contributed by atoms with Crippen LogP contribution in [0.4, 0.5) is 4.39 Å². The lowest BCUT2D eigenvalue weighted by molar-refractivity contribution is 0.553. The molecule has 0 bridgehead atoms. The van der Waals surface area contributed by atoms with Crippen molar-refractivity contribution in [1.82, 2.24) is 9.55 Å². The fraction of sp³-hybridized carbons (Fsp3) is 0.400. The Morgan fingerprint density at radius 1 is 1.42 bits per heavy atom. The van der Waals surface area contributed by atoms with Gasteiger partial charge < -0.3 is 10.3 Å². The summed E-state index contributed by atoms with van der Waals surface area (Å²) in [4.78, 5) is 4.31. The summed E-state index contributed by atoms with van der Waals surface area (Å²) in [6.07, 6.45) is 5.30. The molecule has 0 aliphatic heterocycles. The van der Waals surface area contributed by atoms with Crippen molar-refractivity contribution in [3.05, 3.63) is 53.4 Å². The Bertz CT molecular complexity index is 548. The van der Waals surface area contributed by atoms with E-state index < -0.39 is 0 Å². The van der Waals surface area contributed by atoms with E-state index in [0.717, 1.165) is 18.8 Å². The fourth-order valence-electron chi connectivity index (χ4n) is 2.24. The minimum Gasteiger partial charge on any atom is -0.335 e. The van der Waals surface area contributed by atoms with E-state index in [1.807, 2.05) is 12.3 Å². The Morgan fingerprint density at radius 2 is 2.21 bits per heavy atom. The summed E-state index contributed by atoms with van der Waals surface area (Å²) in [6.45, 7) is 4.78. The molecule has 1 aromatic carbocycles. The van der Waals surface area contributed by atoms with Gasteiger partial charge >= 0.3 is 0 Å². The maximum Gasteiger partial charge on any atom is 0.130 e. The van der Waals surface area contributed by atoms with Gasteiger partial charge in [-0.15, -0.1) is 0 Å². The third-order valence-corrected chi connectivity index (χ3v) is 3.29. The van der Waals surface area contributed by atoms with Crippen molar-refractivity contribution >= 4 is 0 Å². The minimum absolute atomic E-state index is 0.205. The number of aryl methyl sites for hydroxylation is 2. The minimum atomic E-state index is -0.363. The highest BCUT2D eigenvalue weighted by Crippen LogP contribution is 2.21. The van der Waals surface area contributed by atoms with E-state index in [9.17, 15) is 4.39 Å². The van der Waals surface area contributed by atoms with Crippen LogP contribution >= 0.6 is 0 Å². The highest BCUT2D eigenvalue weighted by Gasteiger charge is 2.15. The Hall–Kier alpha value is -1.68. The maximum absolute atomic E-state index is 14.0. The van der Waals surface area contributed by atoms with Gasteiger partial charge in [-0.25, -0.2) is 9.37 Å². The lowest BCUT2D eigenvalue weighted by Gasteiger charge is -2.15. The molecule has 1 aromatic heterocycles. The van der Waals surface area contributed by atoms with Gasteiger partial charge in [0.05, 0.1) is 0 Å². The first-order valence-corrected chi connectivity index (χ1v) is 6.64. The van der Waals surface area contributed by atoms with Crippen molar-refractivity contribution in [1.29, 1.82) is 0 Å². The number of hydrogen-bond acceptors (Lipinski definition) is 2. The van der Waals surface area contributed by atoms with Crippen molar-refractivity contribution in [2.75, 3.05) is 0 Å². The number of hydrogen-bond donors (Lipinski definition) is 1. The number of rotatable bonds is 5. The molecule has 3 nitrogen and oxygen atoms in total. The molecular weight excluding hydrogens is 241 g/mol. The van der Waals surface area contributed by atoms with Crippen LogP contribution in [0.15, 0.2) is 30.6 Å². The third-order valence-electron chi connectivity index (χ3n) is 3.29. The van der Waals surface area contributed by atoms with Gasteiger partial charge in [0.2, 0.25) is 0 Å². The Labute approximate surface area is 113 Å². The van der Waals surface area contributed by atoms with Crippen LogP contribution in [0.25, 0.3) is 0 Å². The van der Waals surface area contributed by atoms with Crippen LogP contribution in [-0.4, -0.2) is 9.55 Å². The maximum atomic E-state index is 14.0. The van der Waals surface area contributed by atoms with E-state index >= 15 is 0 Å². The Balaban J connectivity index is 2.18. The molecule has 0 aliphatic carbocycles. The summed E-state index contributed by atoms with van der Waals surface area (Å²) < 4.78 is 16.1. The molecule has 0 amide bonds. The number of benzene rings is 1. The summed E-state index contributed by atoms with van der Waals surface area (Å²) in [7, 11) is 0. The zero-order valence-electron chi connectivity index (χ0n) is 11.4. The van der Waals surface area contributed by atoms with Gasteiger partial charge in [-0.3, -0.25) is 0 Å². The van der Waals surface area contributed by atoms with Crippen molar-refractivity contribution in [2.45, 2.75) is 39.3 Å². The van der Waals surface area contributed by atoms with E-state index in [1.165, 1.54) is 0 Å². The molecular formula is C15H20FN3. The smallest absolute Gasteiger partial charge is 0.130 e. The number of nitrogens with two attached hydrogens (primary N) is 1. The molecule has 0 saturated heterocycles. The zero-order chi connectivity index (χ0) is 13.8.